The molecule has 0 radical (unpaired) electrons. The minimum Gasteiger partial charge on any atom is -0.408 e. The number of aromatic nitrogens is 2. The lowest BCUT2D eigenvalue weighted by atomic mass is 10.2. The van der Waals surface area contributed by atoms with Crippen LogP contribution in [0.2, 0.25) is 0 Å². The van der Waals surface area contributed by atoms with Crippen molar-refractivity contribution in [3.05, 3.63) is 5.89 Å². The maximum atomic E-state index is 5.38. The summed E-state index contributed by atoms with van der Waals surface area (Å²) in [6.07, 6.45) is 3.25. The maximum absolute atomic E-state index is 5.38. The van der Waals surface area contributed by atoms with Crippen LogP contribution < -0.4 is 11.1 Å². The second-order valence-corrected chi connectivity index (χ2v) is 3.81. The van der Waals surface area contributed by atoms with Crippen molar-refractivity contribution in [2.45, 2.75) is 32.2 Å². The van der Waals surface area contributed by atoms with Crippen LogP contribution in [0.5, 0.6) is 0 Å². The fourth-order valence-corrected chi connectivity index (χ4v) is 1.45. The molecule has 1 fully saturated rings. The highest BCUT2D eigenvalue weighted by molar-refractivity contribution is 5.20. The average Bonchev–Trinajstić information content (AvgIpc) is 2.92. The van der Waals surface area contributed by atoms with Gasteiger partial charge in [0.15, 0.2) is 0 Å². The zero-order valence-electron chi connectivity index (χ0n) is 8.36. The van der Waals surface area contributed by atoms with Gasteiger partial charge in [0.05, 0.1) is 0 Å². The molecule has 2 rings (SSSR count). The smallest absolute Gasteiger partial charge is 0.315 e. The van der Waals surface area contributed by atoms with Crippen LogP contribution in [-0.4, -0.2) is 22.8 Å². The van der Waals surface area contributed by atoms with Crippen molar-refractivity contribution in [2.24, 2.45) is 11.7 Å². The molecule has 1 aromatic rings. The van der Waals surface area contributed by atoms with Gasteiger partial charge in [0.25, 0.3) is 0 Å². The van der Waals surface area contributed by atoms with Gasteiger partial charge in [-0.05, 0) is 25.7 Å². The monoisotopic (exact) mass is 196 g/mol. The molecule has 0 bridgehead atoms. The van der Waals surface area contributed by atoms with E-state index in [9.17, 15) is 0 Å². The van der Waals surface area contributed by atoms with Gasteiger partial charge in [0, 0.05) is 19.0 Å². The molecule has 5 heteroatoms. The van der Waals surface area contributed by atoms with Crippen molar-refractivity contribution in [1.82, 2.24) is 10.2 Å². The SMILES string of the molecule is CC(Nc1nnc(CCN)o1)C1CC1. The molecule has 3 N–H and O–H groups in total. The van der Waals surface area contributed by atoms with E-state index < -0.39 is 0 Å². The summed E-state index contributed by atoms with van der Waals surface area (Å²) in [5, 5.41) is 11.0. The van der Waals surface area contributed by atoms with Crippen LogP contribution in [0.4, 0.5) is 6.01 Å². The van der Waals surface area contributed by atoms with Gasteiger partial charge in [0.1, 0.15) is 0 Å². The number of hydrogen-bond donors (Lipinski definition) is 2. The fourth-order valence-electron chi connectivity index (χ4n) is 1.45. The molecule has 0 aromatic carbocycles. The van der Waals surface area contributed by atoms with E-state index in [0.29, 0.717) is 30.9 Å². The zero-order valence-corrected chi connectivity index (χ0v) is 8.36. The molecule has 0 aliphatic heterocycles. The Morgan fingerprint density at radius 3 is 3.00 bits per heavy atom. The van der Waals surface area contributed by atoms with Crippen molar-refractivity contribution < 1.29 is 4.42 Å². The molecule has 78 valence electrons. The summed E-state index contributed by atoms with van der Waals surface area (Å²) < 4.78 is 5.36. The first-order valence-electron chi connectivity index (χ1n) is 5.08. The number of hydrogen-bond acceptors (Lipinski definition) is 5. The third-order valence-electron chi connectivity index (χ3n) is 2.51. The molecule has 1 aromatic heterocycles. The van der Waals surface area contributed by atoms with Crippen LogP contribution in [0.3, 0.4) is 0 Å². The third-order valence-corrected chi connectivity index (χ3v) is 2.51. The molecule has 0 amide bonds. The van der Waals surface area contributed by atoms with Crippen LogP contribution in [0.1, 0.15) is 25.7 Å². The van der Waals surface area contributed by atoms with Crippen molar-refractivity contribution in [3.63, 3.8) is 0 Å². The van der Waals surface area contributed by atoms with Crippen LogP contribution in [0, 0.1) is 5.92 Å². The minimum absolute atomic E-state index is 0.432. The lowest BCUT2D eigenvalue weighted by molar-refractivity contribution is 0.497. The second kappa shape index (κ2) is 3.96. The van der Waals surface area contributed by atoms with E-state index in [-0.39, 0.29) is 0 Å². The predicted molar refractivity (Wildman–Crippen MR) is 52.9 cm³/mol. The van der Waals surface area contributed by atoms with Crippen molar-refractivity contribution in [2.75, 3.05) is 11.9 Å². The van der Waals surface area contributed by atoms with Gasteiger partial charge in [-0.25, -0.2) is 0 Å². The summed E-state index contributed by atoms with van der Waals surface area (Å²) in [6, 6.07) is 0.953. The summed E-state index contributed by atoms with van der Waals surface area (Å²) in [4.78, 5) is 0. The van der Waals surface area contributed by atoms with Gasteiger partial charge in [0.2, 0.25) is 5.89 Å². The van der Waals surface area contributed by atoms with E-state index in [1.165, 1.54) is 12.8 Å². The van der Waals surface area contributed by atoms with Crippen LogP contribution in [-0.2, 0) is 6.42 Å². The standard InChI is InChI=1S/C9H16N4O/c1-6(7-2-3-7)11-9-13-12-8(14-9)4-5-10/h6-7H,2-5,10H2,1H3,(H,11,13). The summed E-state index contributed by atoms with van der Waals surface area (Å²) in [5.41, 5.74) is 5.38. The molecule has 0 spiro atoms. The number of anilines is 1. The van der Waals surface area contributed by atoms with Crippen LogP contribution >= 0.6 is 0 Å². The molecule has 1 atom stereocenters. The molecule has 1 aliphatic rings. The van der Waals surface area contributed by atoms with Crippen LogP contribution in [0.15, 0.2) is 4.42 Å². The Kier molecular flexibility index (Phi) is 2.67. The van der Waals surface area contributed by atoms with E-state index in [2.05, 4.69) is 22.4 Å². The Labute approximate surface area is 83.1 Å². The normalized spacial score (nSPS) is 18.1. The van der Waals surface area contributed by atoms with Crippen molar-refractivity contribution in [1.29, 1.82) is 0 Å². The summed E-state index contributed by atoms with van der Waals surface area (Å²) in [6.45, 7) is 2.68. The lowest BCUT2D eigenvalue weighted by Gasteiger charge is -2.08. The van der Waals surface area contributed by atoms with Gasteiger partial charge in [-0.1, -0.05) is 5.10 Å². The number of nitrogens with zero attached hydrogens (tertiary/aromatic N) is 2. The molecular weight excluding hydrogens is 180 g/mol. The van der Waals surface area contributed by atoms with Crippen LogP contribution in [0.25, 0.3) is 0 Å². The molecule has 14 heavy (non-hydrogen) atoms. The quantitative estimate of drug-likeness (QED) is 0.727. The zero-order chi connectivity index (χ0) is 9.97. The van der Waals surface area contributed by atoms with Gasteiger partial charge < -0.3 is 15.5 Å². The second-order valence-electron chi connectivity index (χ2n) is 3.81. The molecule has 1 saturated carbocycles. The van der Waals surface area contributed by atoms with Crippen molar-refractivity contribution >= 4 is 6.01 Å². The average molecular weight is 196 g/mol. The first kappa shape index (κ1) is 9.45. The number of nitrogens with one attached hydrogen (secondary N) is 1. The number of rotatable bonds is 5. The fraction of sp³-hybridized carbons (Fsp3) is 0.778. The van der Waals surface area contributed by atoms with E-state index in [0.717, 1.165) is 5.92 Å². The largest absolute Gasteiger partial charge is 0.408 e. The predicted octanol–water partition coefficient (Wildman–Crippen LogP) is 0.781. The third kappa shape index (κ3) is 2.23. The first-order chi connectivity index (χ1) is 6.79. The molecule has 0 saturated heterocycles. The Morgan fingerprint density at radius 1 is 1.57 bits per heavy atom. The van der Waals surface area contributed by atoms with Gasteiger partial charge >= 0.3 is 6.01 Å². The Hall–Kier alpha value is -1.10. The molecule has 1 unspecified atom stereocenters. The van der Waals surface area contributed by atoms with Gasteiger partial charge in [-0.3, -0.25) is 0 Å². The Morgan fingerprint density at radius 2 is 2.36 bits per heavy atom. The summed E-state index contributed by atoms with van der Waals surface area (Å²) in [7, 11) is 0. The summed E-state index contributed by atoms with van der Waals surface area (Å²) >= 11 is 0. The maximum Gasteiger partial charge on any atom is 0.315 e. The van der Waals surface area contributed by atoms with E-state index >= 15 is 0 Å². The first-order valence-corrected chi connectivity index (χ1v) is 5.08. The van der Waals surface area contributed by atoms with E-state index in [4.69, 9.17) is 10.2 Å². The molecule has 1 aliphatic carbocycles. The lowest BCUT2D eigenvalue weighted by Crippen LogP contribution is -2.17. The Balaban J connectivity index is 1.88. The molecule has 1 heterocycles. The highest BCUT2D eigenvalue weighted by Crippen LogP contribution is 2.33. The van der Waals surface area contributed by atoms with Crippen molar-refractivity contribution in [3.8, 4) is 0 Å². The minimum atomic E-state index is 0.432. The Bertz CT molecular complexity index is 295. The van der Waals surface area contributed by atoms with E-state index in [1.807, 2.05) is 0 Å². The number of nitrogens with two attached hydrogens (primary N) is 1. The molecule has 5 nitrogen and oxygen atoms in total. The highest BCUT2D eigenvalue weighted by Gasteiger charge is 2.28. The summed E-state index contributed by atoms with van der Waals surface area (Å²) in [5.74, 6) is 1.39. The van der Waals surface area contributed by atoms with Gasteiger partial charge in [-0.2, -0.15) is 0 Å². The highest BCUT2D eigenvalue weighted by atomic mass is 16.4. The van der Waals surface area contributed by atoms with E-state index in [1.54, 1.807) is 0 Å². The topological polar surface area (TPSA) is 77.0 Å². The van der Waals surface area contributed by atoms with Gasteiger partial charge in [-0.15, -0.1) is 5.10 Å². The molecular formula is C9H16N4O.